The summed E-state index contributed by atoms with van der Waals surface area (Å²) in [6.45, 7) is 0.604. The van der Waals surface area contributed by atoms with E-state index in [2.05, 4.69) is 21.5 Å². The molecule has 0 heterocycles. The Hall–Kier alpha value is -2.37. The van der Waals surface area contributed by atoms with Crippen molar-refractivity contribution in [2.75, 3.05) is 26.1 Å². The van der Waals surface area contributed by atoms with Gasteiger partial charge >= 0.3 is 0 Å². The van der Waals surface area contributed by atoms with Gasteiger partial charge in [-0.25, -0.2) is 0 Å². The lowest BCUT2D eigenvalue weighted by atomic mass is 10.1. The average molecular weight is 473 g/mol. The summed E-state index contributed by atoms with van der Waals surface area (Å²) in [4.78, 5) is 0.479. The number of thioether (sulfide) groups is 1. The second-order valence-corrected chi connectivity index (χ2v) is 7.68. The van der Waals surface area contributed by atoms with E-state index in [0.29, 0.717) is 45.5 Å². The maximum Gasteiger partial charge on any atom is 0.288 e. The molecule has 0 radical (unpaired) electrons. The van der Waals surface area contributed by atoms with Gasteiger partial charge in [-0.1, -0.05) is 17.8 Å². The fraction of sp³-hybridized carbons (Fsp3) is 0.263. The van der Waals surface area contributed by atoms with Crippen molar-refractivity contribution in [3.8, 4) is 11.5 Å². The minimum atomic E-state index is -2.45. The molecule has 4 N–H and O–H groups in total. The molecule has 30 heavy (non-hydrogen) atoms. The van der Waals surface area contributed by atoms with Crippen molar-refractivity contribution in [3.05, 3.63) is 48.0 Å². The van der Waals surface area contributed by atoms with Gasteiger partial charge in [0.1, 0.15) is 0 Å². The lowest BCUT2D eigenvalue weighted by molar-refractivity contribution is 0.252. The van der Waals surface area contributed by atoms with Gasteiger partial charge in [-0.05, 0) is 72.8 Å². The van der Waals surface area contributed by atoms with Crippen molar-refractivity contribution in [1.82, 2.24) is 16.2 Å². The van der Waals surface area contributed by atoms with Gasteiger partial charge in [-0.3, -0.25) is 10.9 Å². The second kappa shape index (κ2) is 12.4. The summed E-state index contributed by atoms with van der Waals surface area (Å²) in [7, 11) is 3.19. The maximum atomic E-state index is 12.3. The summed E-state index contributed by atoms with van der Waals surface area (Å²) in [5.74, 6) is -1.09. The highest BCUT2D eigenvalue weighted by Gasteiger charge is 2.06. The molecule has 2 rings (SSSR count). The molecule has 0 aliphatic rings. The second-order valence-electron chi connectivity index (χ2n) is 5.80. The average Bonchev–Trinajstić information content (AvgIpc) is 2.73. The van der Waals surface area contributed by atoms with Crippen molar-refractivity contribution in [1.29, 1.82) is 0 Å². The number of nitrogens with one attached hydrogen (secondary N) is 4. The number of thiocarbonyl (C=S) groups is 2. The molecule has 0 fully saturated rings. The number of hydrogen-bond donors (Lipinski definition) is 4. The van der Waals surface area contributed by atoms with Crippen molar-refractivity contribution in [3.63, 3.8) is 0 Å². The molecule has 0 aliphatic heterocycles. The number of alkyl halides is 2. The molecule has 0 saturated carbocycles. The summed E-state index contributed by atoms with van der Waals surface area (Å²) in [6.07, 6.45) is 0.730. The van der Waals surface area contributed by atoms with Crippen LogP contribution in [0.4, 0.5) is 14.5 Å². The Labute approximate surface area is 189 Å². The van der Waals surface area contributed by atoms with Crippen LogP contribution in [0, 0.1) is 0 Å². The number of rotatable bonds is 8. The molecule has 0 saturated heterocycles. The van der Waals surface area contributed by atoms with E-state index in [1.807, 2.05) is 18.2 Å². The van der Waals surface area contributed by atoms with Crippen LogP contribution in [0.2, 0.25) is 0 Å². The molecule has 0 aromatic heterocycles. The zero-order chi connectivity index (χ0) is 21.9. The minimum absolute atomic E-state index is 0.285. The Morgan fingerprint density at radius 3 is 2.27 bits per heavy atom. The Bertz CT molecular complexity index is 854. The molecule has 162 valence electrons. The quantitative estimate of drug-likeness (QED) is 0.260. The van der Waals surface area contributed by atoms with E-state index in [-0.39, 0.29) is 5.11 Å². The lowest BCUT2D eigenvalue weighted by Crippen LogP contribution is -2.48. The third-order valence-corrected chi connectivity index (χ3v) is 4.95. The molecule has 0 bridgehead atoms. The van der Waals surface area contributed by atoms with Gasteiger partial charge in [-0.2, -0.15) is 8.78 Å². The van der Waals surface area contributed by atoms with Crippen LogP contribution in [-0.2, 0) is 6.42 Å². The predicted octanol–water partition coefficient (Wildman–Crippen LogP) is 3.93. The lowest BCUT2D eigenvalue weighted by Gasteiger charge is -2.15. The first-order valence-corrected chi connectivity index (χ1v) is 10.5. The van der Waals surface area contributed by atoms with Crippen molar-refractivity contribution in [2.45, 2.75) is 17.1 Å². The maximum absolute atomic E-state index is 12.3. The first-order chi connectivity index (χ1) is 14.4. The fourth-order valence-corrected chi connectivity index (χ4v) is 3.22. The summed E-state index contributed by atoms with van der Waals surface area (Å²) in [5.41, 5.74) is 7.29. The molecule has 0 atom stereocenters. The van der Waals surface area contributed by atoms with Crippen LogP contribution in [0.5, 0.6) is 11.5 Å². The minimum Gasteiger partial charge on any atom is -0.493 e. The summed E-state index contributed by atoms with van der Waals surface area (Å²) in [6, 6.07) is 12.2. The van der Waals surface area contributed by atoms with Gasteiger partial charge in [0.15, 0.2) is 21.7 Å². The topological polar surface area (TPSA) is 66.6 Å². The predicted molar refractivity (Wildman–Crippen MR) is 125 cm³/mol. The number of hydrogen-bond acceptors (Lipinski definition) is 5. The van der Waals surface area contributed by atoms with E-state index >= 15 is 0 Å². The van der Waals surface area contributed by atoms with E-state index < -0.39 is 5.76 Å². The molecule has 11 heteroatoms. The van der Waals surface area contributed by atoms with E-state index in [1.165, 1.54) is 0 Å². The van der Waals surface area contributed by atoms with E-state index in [4.69, 9.17) is 33.9 Å². The highest BCUT2D eigenvalue weighted by Crippen LogP contribution is 2.27. The van der Waals surface area contributed by atoms with Crippen LogP contribution in [-0.4, -0.2) is 36.7 Å². The Morgan fingerprint density at radius 2 is 1.63 bits per heavy atom. The van der Waals surface area contributed by atoms with Crippen molar-refractivity contribution in [2.24, 2.45) is 0 Å². The largest absolute Gasteiger partial charge is 0.493 e. The first kappa shape index (κ1) is 23.9. The fourth-order valence-electron chi connectivity index (χ4n) is 2.40. The third kappa shape index (κ3) is 8.17. The molecule has 6 nitrogen and oxygen atoms in total. The Kier molecular flexibility index (Phi) is 9.84. The zero-order valence-electron chi connectivity index (χ0n) is 16.3. The van der Waals surface area contributed by atoms with Gasteiger partial charge in [0.2, 0.25) is 0 Å². The van der Waals surface area contributed by atoms with Gasteiger partial charge < -0.3 is 20.1 Å². The molecule has 0 amide bonds. The third-order valence-electron chi connectivity index (χ3n) is 3.77. The van der Waals surface area contributed by atoms with Gasteiger partial charge in [0.25, 0.3) is 5.76 Å². The van der Waals surface area contributed by atoms with Crippen LogP contribution >= 0.6 is 36.2 Å². The van der Waals surface area contributed by atoms with Gasteiger partial charge in [0, 0.05) is 17.1 Å². The number of ether oxygens (including phenoxy) is 2. The summed E-state index contributed by atoms with van der Waals surface area (Å²) < 4.78 is 35.2. The number of methoxy groups -OCH3 is 2. The first-order valence-electron chi connectivity index (χ1n) is 8.78. The standard InChI is InChI=1S/C19H22F2N4O2S3/c1-26-15-8-3-12(11-16(15)27-2)9-10-22-18(28)24-25-19(29)23-13-4-6-14(7-5-13)30-17(20)21/h3-8,11,17H,9-10H2,1-2H3,(H2,22,24,28)(H2,23,25,29). The molecule has 0 aliphatic carbocycles. The van der Waals surface area contributed by atoms with Gasteiger partial charge in [0.05, 0.1) is 14.2 Å². The summed E-state index contributed by atoms with van der Waals surface area (Å²) in [5, 5.41) is 6.66. The molecule has 2 aromatic rings. The zero-order valence-corrected chi connectivity index (χ0v) is 18.8. The number of benzene rings is 2. The van der Waals surface area contributed by atoms with Gasteiger partial charge in [-0.15, -0.1) is 0 Å². The van der Waals surface area contributed by atoms with E-state index in [0.717, 1.165) is 12.0 Å². The molecule has 2 aromatic carbocycles. The van der Waals surface area contributed by atoms with Crippen molar-refractivity contribution >= 4 is 52.1 Å². The van der Waals surface area contributed by atoms with E-state index in [9.17, 15) is 8.78 Å². The molecule has 0 spiro atoms. The van der Waals surface area contributed by atoms with Crippen molar-refractivity contribution < 1.29 is 18.3 Å². The normalized spacial score (nSPS) is 10.3. The number of halogens is 2. The molecular weight excluding hydrogens is 450 g/mol. The monoisotopic (exact) mass is 472 g/mol. The highest BCUT2D eigenvalue weighted by molar-refractivity contribution is 7.99. The smallest absolute Gasteiger partial charge is 0.288 e. The highest BCUT2D eigenvalue weighted by atomic mass is 32.2. The molecule has 0 unspecified atom stereocenters. The summed E-state index contributed by atoms with van der Waals surface area (Å²) >= 11 is 10.9. The SMILES string of the molecule is COc1ccc(CCNC(=S)NNC(=S)Nc2ccc(SC(F)F)cc2)cc1OC. The van der Waals surface area contributed by atoms with Crippen LogP contribution in [0.25, 0.3) is 0 Å². The Balaban J connectivity index is 1.69. The van der Waals surface area contributed by atoms with Crippen LogP contribution in [0.15, 0.2) is 47.4 Å². The van der Waals surface area contributed by atoms with Crippen LogP contribution in [0.1, 0.15) is 5.56 Å². The van der Waals surface area contributed by atoms with Crippen LogP contribution in [0.3, 0.4) is 0 Å². The van der Waals surface area contributed by atoms with E-state index in [1.54, 1.807) is 38.5 Å². The number of hydrazine groups is 1. The Morgan fingerprint density at radius 1 is 0.967 bits per heavy atom. The van der Waals surface area contributed by atoms with Crippen LogP contribution < -0.4 is 31.0 Å². The number of anilines is 1. The molecular formula is C19H22F2N4O2S3.